The van der Waals surface area contributed by atoms with Crippen LogP contribution in [0.4, 0.5) is 0 Å². The van der Waals surface area contributed by atoms with Crippen LogP contribution in [0.25, 0.3) is 0 Å². The van der Waals surface area contributed by atoms with Crippen LogP contribution in [-0.2, 0) is 13.6 Å². The summed E-state index contributed by atoms with van der Waals surface area (Å²) in [6.07, 6.45) is 6.38. The smallest absolute Gasteiger partial charge is 0.113 e. The Hall–Kier alpha value is -1.62. The first kappa shape index (κ1) is 13.4. The lowest BCUT2D eigenvalue weighted by Crippen LogP contribution is -2.35. The van der Waals surface area contributed by atoms with E-state index in [1.165, 1.54) is 30.1 Å². The Morgan fingerprint density at radius 1 is 1.40 bits per heavy atom. The van der Waals surface area contributed by atoms with E-state index in [2.05, 4.69) is 46.5 Å². The number of imidazole rings is 2. The van der Waals surface area contributed by atoms with Crippen molar-refractivity contribution in [3.8, 4) is 0 Å². The SMILES string of the molecule is Cc1cn(C)c([C@@H]2CCCN(Cc3nc[nH]c3C)C2)n1. The number of aromatic amines is 1. The van der Waals surface area contributed by atoms with Gasteiger partial charge in [0, 0.05) is 37.9 Å². The number of nitrogens with zero attached hydrogens (tertiary/aromatic N) is 4. The van der Waals surface area contributed by atoms with Gasteiger partial charge in [-0.05, 0) is 33.2 Å². The molecule has 1 fully saturated rings. The van der Waals surface area contributed by atoms with Gasteiger partial charge in [0.15, 0.2) is 0 Å². The molecule has 3 rings (SSSR count). The number of piperidine rings is 1. The van der Waals surface area contributed by atoms with Gasteiger partial charge in [-0.15, -0.1) is 0 Å². The zero-order chi connectivity index (χ0) is 14.1. The predicted octanol–water partition coefficient (Wildman–Crippen LogP) is 2.14. The molecule has 3 heterocycles. The molecule has 0 amide bonds. The van der Waals surface area contributed by atoms with Crippen molar-refractivity contribution < 1.29 is 0 Å². The molecule has 1 atom stereocenters. The topological polar surface area (TPSA) is 49.7 Å². The van der Waals surface area contributed by atoms with Crippen LogP contribution < -0.4 is 0 Å². The molecule has 5 nitrogen and oxygen atoms in total. The van der Waals surface area contributed by atoms with E-state index in [0.29, 0.717) is 5.92 Å². The molecule has 0 bridgehead atoms. The maximum atomic E-state index is 4.70. The third kappa shape index (κ3) is 2.63. The van der Waals surface area contributed by atoms with Crippen LogP contribution in [0.2, 0.25) is 0 Å². The monoisotopic (exact) mass is 273 g/mol. The van der Waals surface area contributed by atoms with Crippen molar-refractivity contribution in [1.29, 1.82) is 0 Å². The van der Waals surface area contributed by atoms with Gasteiger partial charge in [-0.25, -0.2) is 9.97 Å². The Balaban J connectivity index is 1.70. The molecule has 2 aromatic heterocycles. The minimum Gasteiger partial charge on any atom is -0.348 e. The highest BCUT2D eigenvalue weighted by Gasteiger charge is 2.25. The van der Waals surface area contributed by atoms with Crippen LogP contribution in [0.15, 0.2) is 12.5 Å². The Labute approximate surface area is 120 Å². The Morgan fingerprint density at radius 3 is 2.90 bits per heavy atom. The van der Waals surface area contributed by atoms with E-state index >= 15 is 0 Å². The molecule has 20 heavy (non-hydrogen) atoms. The molecule has 0 aliphatic carbocycles. The van der Waals surface area contributed by atoms with Gasteiger partial charge >= 0.3 is 0 Å². The second kappa shape index (κ2) is 5.40. The first-order chi connectivity index (χ1) is 9.63. The van der Waals surface area contributed by atoms with Crippen molar-refractivity contribution in [2.24, 2.45) is 7.05 Å². The number of likely N-dealkylation sites (tertiary alicyclic amines) is 1. The largest absolute Gasteiger partial charge is 0.348 e. The summed E-state index contributed by atoms with van der Waals surface area (Å²) in [7, 11) is 2.10. The van der Waals surface area contributed by atoms with Crippen LogP contribution in [0.3, 0.4) is 0 Å². The van der Waals surface area contributed by atoms with E-state index in [4.69, 9.17) is 4.98 Å². The number of hydrogen-bond acceptors (Lipinski definition) is 3. The van der Waals surface area contributed by atoms with Crippen LogP contribution >= 0.6 is 0 Å². The van der Waals surface area contributed by atoms with Gasteiger partial charge in [-0.2, -0.15) is 0 Å². The first-order valence-electron chi connectivity index (χ1n) is 7.34. The van der Waals surface area contributed by atoms with Gasteiger partial charge in [-0.1, -0.05) is 0 Å². The molecule has 0 aromatic carbocycles. The zero-order valence-corrected chi connectivity index (χ0v) is 12.6. The minimum absolute atomic E-state index is 0.543. The fourth-order valence-corrected chi connectivity index (χ4v) is 3.18. The van der Waals surface area contributed by atoms with Crippen molar-refractivity contribution in [3.05, 3.63) is 35.4 Å². The number of aromatic nitrogens is 4. The zero-order valence-electron chi connectivity index (χ0n) is 12.6. The second-order valence-electron chi connectivity index (χ2n) is 5.90. The summed E-state index contributed by atoms with van der Waals surface area (Å²) in [5.74, 6) is 1.77. The van der Waals surface area contributed by atoms with Crippen LogP contribution in [0.5, 0.6) is 0 Å². The summed E-state index contributed by atoms with van der Waals surface area (Å²) in [6, 6.07) is 0. The van der Waals surface area contributed by atoms with Crippen molar-refractivity contribution in [2.75, 3.05) is 13.1 Å². The van der Waals surface area contributed by atoms with Crippen molar-refractivity contribution in [3.63, 3.8) is 0 Å². The van der Waals surface area contributed by atoms with Gasteiger partial charge in [0.2, 0.25) is 0 Å². The van der Waals surface area contributed by atoms with Crippen molar-refractivity contribution in [2.45, 2.75) is 39.2 Å². The Kier molecular flexibility index (Phi) is 3.61. The van der Waals surface area contributed by atoms with E-state index in [0.717, 1.165) is 25.3 Å². The molecule has 1 N–H and O–H groups in total. The summed E-state index contributed by atoms with van der Waals surface area (Å²) in [6.45, 7) is 7.33. The molecule has 0 saturated carbocycles. The normalized spacial score (nSPS) is 20.4. The third-order valence-corrected chi connectivity index (χ3v) is 4.21. The first-order valence-corrected chi connectivity index (χ1v) is 7.34. The lowest BCUT2D eigenvalue weighted by molar-refractivity contribution is 0.193. The molecule has 0 unspecified atom stereocenters. The molecular weight excluding hydrogens is 250 g/mol. The molecule has 1 saturated heterocycles. The van der Waals surface area contributed by atoms with Crippen LogP contribution in [-0.4, -0.2) is 37.5 Å². The molecule has 0 spiro atoms. The number of rotatable bonds is 3. The summed E-state index contributed by atoms with van der Waals surface area (Å²) in [4.78, 5) is 14.8. The lowest BCUT2D eigenvalue weighted by Gasteiger charge is -2.32. The van der Waals surface area contributed by atoms with Crippen LogP contribution in [0.1, 0.15) is 41.7 Å². The maximum Gasteiger partial charge on any atom is 0.113 e. The average Bonchev–Trinajstić information content (AvgIpc) is 2.96. The molecule has 2 aromatic rings. The number of H-pyrrole nitrogens is 1. The van der Waals surface area contributed by atoms with Crippen LogP contribution in [0, 0.1) is 13.8 Å². The molecule has 0 radical (unpaired) electrons. The van der Waals surface area contributed by atoms with E-state index in [1.54, 1.807) is 6.33 Å². The summed E-state index contributed by atoms with van der Waals surface area (Å²) < 4.78 is 2.18. The summed E-state index contributed by atoms with van der Waals surface area (Å²) in [5, 5.41) is 0. The van der Waals surface area contributed by atoms with E-state index in [1.807, 2.05) is 0 Å². The quantitative estimate of drug-likeness (QED) is 0.932. The highest BCUT2D eigenvalue weighted by molar-refractivity contribution is 5.11. The molecular formula is C15H23N5. The maximum absolute atomic E-state index is 4.70. The van der Waals surface area contributed by atoms with Gasteiger partial charge in [0.1, 0.15) is 5.82 Å². The highest BCUT2D eigenvalue weighted by atomic mass is 15.2. The van der Waals surface area contributed by atoms with E-state index < -0.39 is 0 Å². The molecule has 1 aliphatic rings. The fraction of sp³-hybridized carbons (Fsp3) is 0.600. The molecule has 5 heteroatoms. The highest BCUT2D eigenvalue weighted by Crippen LogP contribution is 2.27. The number of hydrogen-bond donors (Lipinski definition) is 1. The Morgan fingerprint density at radius 2 is 2.25 bits per heavy atom. The lowest BCUT2D eigenvalue weighted by atomic mass is 9.97. The second-order valence-corrected chi connectivity index (χ2v) is 5.90. The van der Waals surface area contributed by atoms with E-state index in [-0.39, 0.29) is 0 Å². The van der Waals surface area contributed by atoms with Crippen molar-refractivity contribution in [1.82, 2.24) is 24.4 Å². The van der Waals surface area contributed by atoms with Gasteiger partial charge in [-0.3, -0.25) is 4.90 Å². The predicted molar refractivity (Wildman–Crippen MR) is 78.5 cm³/mol. The molecule has 108 valence electrons. The van der Waals surface area contributed by atoms with Crippen molar-refractivity contribution >= 4 is 0 Å². The Bertz CT molecular complexity index is 583. The van der Waals surface area contributed by atoms with Gasteiger partial charge in [0.25, 0.3) is 0 Å². The van der Waals surface area contributed by atoms with Gasteiger partial charge in [0.05, 0.1) is 17.7 Å². The number of nitrogens with one attached hydrogen (secondary N) is 1. The van der Waals surface area contributed by atoms with E-state index in [9.17, 15) is 0 Å². The number of aryl methyl sites for hydroxylation is 3. The van der Waals surface area contributed by atoms with Gasteiger partial charge < -0.3 is 9.55 Å². The third-order valence-electron chi connectivity index (χ3n) is 4.21. The average molecular weight is 273 g/mol. The molecule has 1 aliphatic heterocycles. The fourth-order valence-electron chi connectivity index (χ4n) is 3.18. The minimum atomic E-state index is 0.543. The summed E-state index contributed by atoms with van der Waals surface area (Å²) >= 11 is 0. The standard InChI is InChI=1S/C15H23N5/c1-11-7-19(3)15(18-11)13-5-4-6-20(8-13)9-14-12(2)16-10-17-14/h7,10,13H,4-6,8-9H2,1-3H3,(H,16,17)/t13-/m1/s1. The summed E-state index contributed by atoms with van der Waals surface area (Å²) in [5.41, 5.74) is 3.46.